The minimum absolute atomic E-state index is 0.0105. The lowest BCUT2D eigenvalue weighted by Crippen LogP contribution is -2.38. The van der Waals surface area contributed by atoms with Crippen molar-refractivity contribution in [3.63, 3.8) is 0 Å². The van der Waals surface area contributed by atoms with Crippen LogP contribution in [0.2, 0.25) is 0 Å². The van der Waals surface area contributed by atoms with Crippen molar-refractivity contribution in [2.45, 2.75) is 6.04 Å². The molecule has 80 valence electrons. The summed E-state index contributed by atoms with van der Waals surface area (Å²) in [5, 5.41) is 6.34. The quantitative estimate of drug-likeness (QED) is 0.660. The number of hydrogen-bond donors (Lipinski definition) is 3. The Morgan fingerprint density at radius 2 is 2.20 bits per heavy atom. The second-order valence-electron chi connectivity index (χ2n) is 3.56. The number of benzene rings is 1. The van der Waals surface area contributed by atoms with Crippen LogP contribution in [0.15, 0.2) is 35.3 Å². The molecule has 15 heavy (non-hydrogen) atoms. The van der Waals surface area contributed by atoms with E-state index in [1.54, 1.807) is 0 Å². The Kier molecular flexibility index (Phi) is 3.19. The van der Waals surface area contributed by atoms with Gasteiger partial charge in [-0.05, 0) is 5.56 Å². The van der Waals surface area contributed by atoms with E-state index in [1.165, 1.54) is 0 Å². The van der Waals surface area contributed by atoms with Gasteiger partial charge in [0.1, 0.15) is 0 Å². The van der Waals surface area contributed by atoms with Gasteiger partial charge in [-0.15, -0.1) is 0 Å². The van der Waals surface area contributed by atoms with Crippen molar-refractivity contribution in [1.82, 2.24) is 10.6 Å². The maximum Gasteiger partial charge on any atom is 0.191 e. The molecule has 4 nitrogen and oxygen atoms in total. The molecule has 1 aliphatic rings. The minimum Gasteiger partial charge on any atom is -0.355 e. The second-order valence-corrected chi connectivity index (χ2v) is 3.56. The van der Waals surface area contributed by atoms with Gasteiger partial charge < -0.3 is 16.4 Å². The number of rotatable bonds is 3. The summed E-state index contributed by atoms with van der Waals surface area (Å²) in [7, 11) is 0. The Morgan fingerprint density at radius 1 is 1.40 bits per heavy atom. The standard InChI is InChI=1S/C11H16N4/c12-10(9-4-2-1-3-5-9)8-15-11-13-6-7-14-11/h1-5,10H,6-8,12H2,(H2,13,14,15). The van der Waals surface area contributed by atoms with Gasteiger partial charge in [0.05, 0.1) is 6.54 Å². The third-order valence-electron chi connectivity index (χ3n) is 2.39. The summed E-state index contributed by atoms with van der Waals surface area (Å²) < 4.78 is 0. The highest BCUT2D eigenvalue weighted by atomic mass is 15.2. The molecule has 0 fully saturated rings. The highest BCUT2D eigenvalue weighted by Crippen LogP contribution is 2.07. The van der Waals surface area contributed by atoms with Crippen molar-refractivity contribution in [3.05, 3.63) is 35.9 Å². The zero-order valence-corrected chi connectivity index (χ0v) is 8.61. The van der Waals surface area contributed by atoms with E-state index in [1.807, 2.05) is 30.3 Å². The number of hydrogen-bond acceptors (Lipinski definition) is 4. The van der Waals surface area contributed by atoms with Gasteiger partial charge in [0.2, 0.25) is 0 Å². The van der Waals surface area contributed by atoms with E-state index in [0.717, 1.165) is 24.6 Å². The van der Waals surface area contributed by atoms with Gasteiger partial charge in [-0.2, -0.15) is 0 Å². The topological polar surface area (TPSA) is 62.4 Å². The molecule has 0 spiro atoms. The summed E-state index contributed by atoms with van der Waals surface area (Å²) in [5.74, 6) is 0.862. The lowest BCUT2D eigenvalue weighted by atomic mass is 10.1. The van der Waals surface area contributed by atoms with Crippen LogP contribution in [-0.4, -0.2) is 25.6 Å². The molecule has 0 saturated heterocycles. The molecular formula is C11H16N4. The number of nitrogens with one attached hydrogen (secondary N) is 2. The molecular weight excluding hydrogens is 188 g/mol. The molecule has 1 heterocycles. The molecule has 1 unspecified atom stereocenters. The summed E-state index contributed by atoms with van der Waals surface area (Å²) in [6.07, 6.45) is 0. The van der Waals surface area contributed by atoms with Crippen molar-refractivity contribution >= 4 is 5.96 Å². The zero-order chi connectivity index (χ0) is 10.5. The first kappa shape index (κ1) is 9.98. The van der Waals surface area contributed by atoms with Crippen molar-refractivity contribution in [2.75, 3.05) is 19.6 Å². The van der Waals surface area contributed by atoms with Gasteiger partial charge in [-0.25, -0.2) is 0 Å². The number of nitrogens with zero attached hydrogens (tertiary/aromatic N) is 1. The first-order valence-corrected chi connectivity index (χ1v) is 5.19. The monoisotopic (exact) mass is 204 g/mol. The van der Waals surface area contributed by atoms with E-state index in [9.17, 15) is 0 Å². The van der Waals surface area contributed by atoms with Crippen LogP contribution in [0, 0.1) is 0 Å². The van der Waals surface area contributed by atoms with E-state index in [2.05, 4.69) is 15.6 Å². The molecule has 0 aliphatic carbocycles. The van der Waals surface area contributed by atoms with Crippen LogP contribution < -0.4 is 16.4 Å². The maximum absolute atomic E-state index is 6.03. The van der Waals surface area contributed by atoms with Crippen molar-refractivity contribution < 1.29 is 0 Å². The molecule has 0 saturated carbocycles. The Labute approximate surface area is 89.6 Å². The lowest BCUT2D eigenvalue weighted by molar-refractivity contribution is 0.683. The molecule has 0 radical (unpaired) electrons. The van der Waals surface area contributed by atoms with Crippen LogP contribution in [0.1, 0.15) is 11.6 Å². The van der Waals surface area contributed by atoms with Gasteiger partial charge in [0, 0.05) is 19.1 Å². The van der Waals surface area contributed by atoms with E-state index >= 15 is 0 Å². The average molecular weight is 204 g/mol. The fourth-order valence-corrected chi connectivity index (χ4v) is 1.54. The molecule has 0 amide bonds. The molecule has 1 aromatic carbocycles. The summed E-state index contributed by atoms with van der Waals surface area (Å²) in [4.78, 5) is 4.24. The molecule has 1 aliphatic heterocycles. The number of guanidine groups is 1. The lowest BCUT2D eigenvalue weighted by Gasteiger charge is -2.13. The van der Waals surface area contributed by atoms with E-state index in [-0.39, 0.29) is 6.04 Å². The molecule has 0 bridgehead atoms. The highest BCUT2D eigenvalue weighted by molar-refractivity contribution is 5.81. The molecule has 1 aromatic rings. The van der Waals surface area contributed by atoms with E-state index < -0.39 is 0 Å². The molecule has 2 rings (SSSR count). The van der Waals surface area contributed by atoms with Crippen LogP contribution in [0.25, 0.3) is 0 Å². The van der Waals surface area contributed by atoms with Gasteiger partial charge in [0.15, 0.2) is 5.96 Å². The van der Waals surface area contributed by atoms with Gasteiger partial charge in [0.25, 0.3) is 0 Å². The van der Waals surface area contributed by atoms with Crippen molar-refractivity contribution in [1.29, 1.82) is 0 Å². The molecule has 4 heteroatoms. The Morgan fingerprint density at radius 3 is 2.87 bits per heavy atom. The van der Waals surface area contributed by atoms with Crippen molar-refractivity contribution in [3.8, 4) is 0 Å². The van der Waals surface area contributed by atoms with Crippen LogP contribution in [0.4, 0.5) is 0 Å². The summed E-state index contributed by atoms with van der Waals surface area (Å²) in [6, 6.07) is 10.1. The molecule has 0 aromatic heterocycles. The summed E-state index contributed by atoms with van der Waals surface area (Å²) in [5.41, 5.74) is 7.17. The zero-order valence-electron chi connectivity index (χ0n) is 8.61. The molecule has 4 N–H and O–H groups in total. The van der Waals surface area contributed by atoms with Gasteiger partial charge in [-0.3, -0.25) is 4.99 Å². The fraction of sp³-hybridized carbons (Fsp3) is 0.364. The average Bonchev–Trinajstić information content (AvgIpc) is 2.80. The van der Waals surface area contributed by atoms with Crippen molar-refractivity contribution in [2.24, 2.45) is 10.7 Å². The smallest absolute Gasteiger partial charge is 0.191 e. The largest absolute Gasteiger partial charge is 0.355 e. The Balaban J connectivity index is 1.84. The Bertz CT molecular complexity index is 334. The number of aliphatic imine (C=N–C) groups is 1. The third-order valence-corrected chi connectivity index (χ3v) is 2.39. The van der Waals surface area contributed by atoms with E-state index in [0.29, 0.717) is 6.54 Å². The van der Waals surface area contributed by atoms with Gasteiger partial charge in [-0.1, -0.05) is 30.3 Å². The predicted octanol–water partition coefficient (Wildman–Crippen LogP) is 0.235. The normalized spacial score (nSPS) is 16.7. The minimum atomic E-state index is 0.0105. The first-order valence-electron chi connectivity index (χ1n) is 5.19. The third kappa shape index (κ3) is 2.70. The first-order chi connectivity index (χ1) is 7.36. The highest BCUT2D eigenvalue weighted by Gasteiger charge is 2.08. The van der Waals surface area contributed by atoms with Crippen LogP contribution in [0.3, 0.4) is 0 Å². The van der Waals surface area contributed by atoms with E-state index in [4.69, 9.17) is 5.73 Å². The Hall–Kier alpha value is -1.55. The number of nitrogens with two attached hydrogens (primary N) is 1. The summed E-state index contributed by atoms with van der Waals surface area (Å²) >= 11 is 0. The second kappa shape index (κ2) is 4.79. The fourth-order valence-electron chi connectivity index (χ4n) is 1.54. The van der Waals surface area contributed by atoms with Crippen LogP contribution in [0.5, 0.6) is 0 Å². The molecule has 1 atom stereocenters. The van der Waals surface area contributed by atoms with Crippen LogP contribution >= 0.6 is 0 Å². The SMILES string of the molecule is NC(CNC1=NCCN1)c1ccccc1. The van der Waals surface area contributed by atoms with Gasteiger partial charge >= 0.3 is 0 Å². The predicted molar refractivity (Wildman–Crippen MR) is 61.7 cm³/mol. The van der Waals surface area contributed by atoms with Crippen LogP contribution in [-0.2, 0) is 0 Å². The maximum atomic E-state index is 6.03. The summed E-state index contributed by atoms with van der Waals surface area (Å²) in [6.45, 7) is 2.47.